The molecule has 0 saturated carbocycles. The van der Waals surface area contributed by atoms with E-state index in [1.807, 2.05) is 31.2 Å². The molecule has 0 bridgehead atoms. The van der Waals surface area contributed by atoms with Crippen molar-refractivity contribution in [3.63, 3.8) is 0 Å². The van der Waals surface area contributed by atoms with Crippen molar-refractivity contribution in [2.45, 2.75) is 31.2 Å². The summed E-state index contributed by atoms with van der Waals surface area (Å²) in [6.45, 7) is 4.21. The molecule has 4 rings (SSSR count). The third-order valence-corrected chi connectivity index (χ3v) is 7.81. The normalized spacial score (nSPS) is 13.4. The van der Waals surface area contributed by atoms with E-state index in [1.165, 1.54) is 37.1 Å². The SMILES string of the molecule is CCOc1ccc(S(=O)(=O)N(CC(=O)NCc2ccc(N3CCCC3)cc2)c2ccc(F)cc2)cc1. The fourth-order valence-corrected chi connectivity index (χ4v) is 5.53. The van der Waals surface area contributed by atoms with E-state index < -0.39 is 28.3 Å². The highest BCUT2D eigenvalue weighted by molar-refractivity contribution is 7.92. The van der Waals surface area contributed by atoms with Gasteiger partial charge in [0.1, 0.15) is 18.1 Å². The Balaban J connectivity index is 1.48. The molecule has 3 aromatic carbocycles. The molecule has 0 spiro atoms. The molecule has 0 radical (unpaired) electrons. The van der Waals surface area contributed by atoms with Crippen LogP contribution in [-0.4, -0.2) is 40.6 Å². The molecule has 9 heteroatoms. The molecule has 1 saturated heterocycles. The van der Waals surface area contributed by atoms with Crippen LogP contribution in [0.25, 0.3) is 0 Å². The van der Waals surface area contributed by atoms with Gasteiger partial charge in [0.25, 0.3) is 10.0 Å². The number of carbonyl (C=O) groups excluding carboxylic acids is 1. The Bertz CT molecular complexity index is 1260. The van der Waals surface area contributed by atoms with E-state index >= 15 is 0 Å². The van der Waals surface area contributed by atoms with Gasteiger partial charge in [-0.3, -0.25) is 9.10 Å². The lowest BCUT2D eigenvalue weighted by atomic mass is 10.2. The summed E-state index contributed by atoms with van der Waals surface area (Å²) in [4.78, 5) is 15.2. The number of anilines is 2. The molecule has 1 N–H and O–H groups in total. The Hall–Kier alpha value is -3.59. The summed E-state index contributed by atoms with van der Waals surface area (Å²) in [5.74, 6) is -0.435. The van der Waals surface area contributed by atoms with Crippen molar-refractivity contribution in [3.05, 3.63) is 84.2 Å². The Morgan fingerprint density at radius 2 is 1.61 bits per heavy atom. The second kappa shape index (κ2) is 11.4. The number of hydrogen-bond acceptors (Lipinski definition) is 5. The van der Waals surface area contributed by atoms with Crippen LogP contribution in [0.4, 0.5) is 15.8 Å². The van der Waals surface area contributed by atoms with Gasteiger partial charge in [-0.1, -0.05) is 12.1 Å². The third-order valence-electron chi connectivity index (χ3n) is 6.02. The van der Waals surface area contributed by atoms with Crippen molar-refractivity contribution in [1.82, 2.24) is 5.32 Å². The van der Waals surface area contributed by atoms with Gasteiger partial charge in [-0.25, -0.2) is 12.8 Å². The lowest BCUT2D eigenvalue weighted by Gasteiger charge is -2.24. The molecule has 1 heterocycles. The summed E-state index contributed by atoms with van der Waals surface area (Å²) in [6, 6.07) is 19.0. The summed E-state index contributed by atoms with van der Waals surface area (Å²) in [7, 11) is -4.10. The lowest BCUT2D eigenvalue weighted by Crippen LogP contribution is -2.40. The molecule has 0 aromatic heterocycles. The minimum absolute atomic E-state index is 0.000537. The molecule has 1 amide bonds. The van der Waals surface area contributed by atoms with Crippen molar-refractivity contribution in [1.29, 1.82) is 0 Å². The first kappa shape index (κ1) is 25.5. The van der Waals surface area contributed by atoms with Crippen molar-refractivity contribution in [2.24, 2.45) is 0 Å². The van der Waals surface area contributed by atoms with E-state index in [-0.39, 0.29) is 17.1 Å². The zero-order valence-electron chi connectivity index (χ0n) is 20.2. The van der Waals surface area contributed by atoms with Crippen molar-refractivity contribution in [3.8, 4) is 5.75 Å². The summed E-state index contributed by atoms with van der Waals surface area (Å²) in [5, 5.41) is 2.80. The van der Waals surface area contributed by atoms with Gasteiger partial charge in [-0.15, -0.1) is 0 Å². The molecule has 0 atom stereocenters. The minimum Gasteiger partial charge on any atom is -0.494 e. The van der Waals surface area contributed by atoms with Gasteiger partial charge in [0.2, 0.25) is 5.91 Å². The van der Waals surface area contributed by atoms with Crippen LogP contribution < -0.4 is 19.3 Å². The van der Waals surface area contributed by atoms with Crippen molar-refractivity contribution >= 4 is 27.3 Å². The highest BCUT2D eigenvalue weighted by atomic mass is 32.2. The predicted molar refractivity (Wildman–Crippen MR) is 138 cm³/mol. The number of rotatable bonds is 10. The van der Waals surface area contributed by atoms with Crippen LogP contribution in [0.3, 0.4) is 0 Å². The fraction of sp³-hybridized carbons (Fsp3) is 0.296. The van der Waals surface area contributed by atoms with Gasteiger partial charge in [-0.05, 0) is 86.0 Å². The van der Waals surface area contributed by atoms with Crippen molar-refractivity contribution < 1.29 is 22.3 Å². The minimum atomic E-state index is -4.10. The van der Waals surface area contributed by atoms with Gasteiger partial charge >= 0.3 is 0 Å². The molecule has 36 heavy (non-hydrogen) atoms. The molecule has 190 valence electrons. The zero-order chi connectivity index (χ0) is 25.5. The van der Waals surface area contributed by atoms with Gasteiger partial charge in [0, 0.05) is 25.3 Å². The van der Waals surface area contributed by atoms with Gasteiger partial charge in [0.15, 0.2) is 0 Å². The predicted octanol–water partition coefficient (Wildman–Crippen LogP) is 4.34. The van der Waals surface area contributed by atoms with E-state index in [2.05, 4.69) is 10.2 Å². The van der Waals surface area contributed by atoms with Crippen LogP contribution in [0.2, 0.25) is 0 Å². The number of hydrogen-bond donors (Lipinski definition) is 1. The summed E-state index contributed by atoms with van der Waals surface area (Å²) in [6.07, 6.45) is 2.39. The van der Waals surface area contributed by atoms with Crippen LogP contribution in [0, 0.1) is 5.82 Å². The number of carbonyl (C=O) groups is 1. The number of nitrogens with one attached hydrogen (secondary N) is 1. The second-order valence-corrected chi connectivity index (χ2v) is 10.4. The monoisotopic (exact) mass is 511 g/mol. The molecule has 1 fully saturated rings. The van der Waals surface area contributed by atoms with Gasteiger partial charge in [0.05, 0.1) is 17.2 Å². The average molecular weight is 512 g/mol. The number of halogens is 1. The van der Waals surface area contributed by atoms with Crippen LogP contribution in [0.5, 0.6) is 5.75 Å². The van der Waals surface area contributed by atoms with E-state index in [9.17, 15) is 17.6 Å². The van der Waals surface area contributed by atoms with Gasteiger partial charge < -0.3 is 15.0 Å². The summed E-state index contributed by atoms with van der Waals surface area (Å²) >= 11 is 0. The molecular formula is C27H30FN3O4S. The topological polar surface area (TPSA) is 79.0 Å². The first-order valence-corrected chi connectivity index (χ1v) is 13.4. The Morgan fingerprint density at radius 3 is 2.22 bits per heavy atom. The Kier molecular flexibility index (Phi) is 8.10. The largest absolute Gasteiger partial charge is 0.494 e. The first-order valence-electron chi connectivity index (χ1n) is 12.0. The number of benzene rings is 3. The van der Waals surface area contributed by atoms with E-state index in [1.54, 1.807) is 12.1 Å². The maximum absolute atomic E-state index is 13.5. The van der Waals surface area contributed by atoms with Crippen molar-refractivity contribution in [2.75, 3.05) is 35.4 Å². The van der Waals surface area contributed by atoms with E-state index in [0.29, 0.717) is 12.4 Å². The van der Waals surface area contributed by atoms with E-state index in [4.69, 9.17) is 4.74 Å². The highest BCUT2D eigenvalue weighted by Crippen LogP contribution is 2.26. The zero-order valence-corrected chi connectivity index (χ0v) is 21.0. The molecule has 1 aliphatic rings. The lowest BCUT2D eigenvalue weighted by molar-refractivity contribution is -0.119. The highest BCUT2D eigenvalue weighted by Gasteiger charge is 2.27. The molecule has 3 aromatic rings. The molecule has 7 nitrogen and oxygen atoms in total. The van der Waals surface area contributed by atoms with E-state index in [0.717, 1.165) is 40.8 Å². The van der Waals surface area contributed by atoms with Gasteiger partial charge in [-0.2, -0.15) is 0 Å². The number of sulfonamides is 1. The third kappa shape index (κ3) is 6.15. The fourth-order valence-electron chi connectivity index (χ4n) is 4.11. The number of ether oxygens (including phenoxy) is 1. The van der Waals surface area contributed by atoms with Crippen LogP contribution in [0.1, 0.15) is 25.3 Å². The smallest absolute Gasteiger partial charge is 0.264 e. The number of amides is 1. The standard InChI is InChI=1S/C27H30FN3O4S/c1-2-35-25-13-15-26(16-14-25)36(33,34)31(24-11-7-22(28)8-12-24)20-27(32)29-19-21-5-9-23(10-6-21)30-17-3-4-18-30/h5-16H,2-4,17-20H2,1H3,(H,29,32). The maximum Gasteiger partial charge on any atom is 0.264 e. The quantitative estimate of drug-likeness (QED) is 0.438. The maximum atomic E-state index is 13.5. The van der Waals surface area contributed by atoms with Crippen LogP contribution >= 0.6 is 0 Å². The molecule has 0 unspecified atom stereocenters. The number of nitrogens with zero attached hydrogens (tertiary/aromatic N) is 2. The average Bonchev–Trinajstić information content (AvgIpc) is 3.43. The summed E-state index contributed by atoms with van der Waals surface area (Å²) in [5.41, 5.74) is 2.26. The molecular weight excluding hydrogens is 481 g/mol. The van der Waals surface area contributed by atoms with Crippen LogP contribution in [0.15, 0.2) is 77.7 Å². The first-order chi connectivity index (χ1) is 17.4. The molecule has 1 aliphatic heterocycles. The summed E-state index contributed by atoms with van der Waals surface area (Å²) < 4.78 is 46.8. The molecule has 0 aliphatic carbocycles. The Morgan fingerprint density at radius 1 is 0.972 bits per heavy atom. The van der Waals surface area contributed by atoms with Crippen LogP contribution in [-0.2, 0) is 21.4 Å². The Labute approximate surface area is 211 Å². The second-order valence-electron chi connectivity index (χ2n) is 8.53.